The van der Waals surface area contributed by atoms with E-state index in [0.717, 1.165) is 34.0 Å². The van der Waals surface area contributed by atoms with Gasteiger partial charge in [-0.3, -0.25) is 4.79 Å². The molecule has 0 atom stereocenters. The lowest BCUT2D eigenvalue weighted by molar-refractivity contribution is -0.136. The van der Waals surface area contributed by atoms with Crippen molar-refractivity contribution < 1.29 is 14.6 Å². The molecule has 1 aromatic heterocycles. The normalized spacial score (nSPS) is 10.6. The van der Waals surface area contributed by atoms with Gasteiger partial charge in [-0.25, -0.2) is 0 Å². The molecule has 1 heterocycles. The highest BCUT2D eigenvalue weighted by Gasteiger charge is 2.14. The third-order valence-electron chi connectivity index (χ3n) is 4.30. The average molecular weight is 335 g/mol. The lowest BCUT2D eigenvalue weighted by atomic mass is 10.1. The number of benzene rings is 2. The lowest BCUT2D eigenvalue weighted by Gasteiger charge is -2.16. The summed E-state index contributed by atoms with van der Waals surface area (Å²) in [6, 6.07) is 20.1. The molecule has 0 aliphatic rings. The first-order chi connectivity index (χ1) is 12.1. The van der Waals surface area contributed by atoms with Gasteiger partial charge in [0, 0.05) is 11.4 Å². The molecule has 4 nitrogen and oxygen atoms in total. The Kier molecular flexibility index (Phi) is 4.89. The van der Waals surface area contributed by atoms with Crippen LogP contribution in [-0.2, 0) is 11.2 Å². The number of para-hydroxylation sites is 1. The molecule has 0 aliphatic heterocycles. The van der Waals surface area contributed by atoms with Crippen LogP contribution in [0.1, 0.15) is 17.7 Å². The van der Waals surface area contributed by atoms with Crippen LogP contribution in [0.3, 0.4) is 0 Å². The number of methoxy groups -OCH3 is 1. The Balaban J connectivity index is 2.11. The van der Waals surface area contributed by atoms with E-state index in [1.807, 2.05) is 48.5 Å². The predicted octanol–water partition coefficient (Wildman–Crippen LogP) is 4.48. The van der Waals surface area contributed by atoms with E-state index in [0.29, 0.717) is 6.42 Å². The zero-order chi connectivity index (χ0) is 17.8. The summed E-state index contributed by atoms with van der Waals surface area (Å²) in [4.78, 5) is 11.0. The van der Waals surface area contributed by atoms with Gasteiger partial charge in [-0.15, -0.1) is 0 Å². The molecular weight excluding hydrogens is 314 g/mol. The van der Waals surface area contributed by atoms with Crippen LogP contribution >= 0.6 is 0 Å². The molecule has 0 saturated carbocycles. The second-order valence-electron chi connectivity index (χ2n) is 5.95. The number of carbonyl (C=O) groups is 1. The van der Waals surface area contributed by atoms with E-state index in [2.05, 4.69) is 23.6 Å². The van der Waals surface area contributed by atoms with Gasteiger partial charge in [0.1, 0.15) is 5.75 Å². The maximum Gasteiger partial charge on any atom is 0.303 e. The van der Waals surface area contributed by atoms with E-state index in [4.69, 9.17) is 9.84 Å². The molecule has 0 amide bonds. The zero-order valence-electron chi connectivity index (χ0n) is 14.4. The lowest BCUT2D eigenvalue weighted by Crippen LogP contribution is -2.06. The van der Waals surface area contributed by atoms with Crippen molar-refractivity contribution in [3.63, 3.8) is 0 Å². The molecule has 0 bridgehead atoms. The van der Waals surface area contributed by atoms with Gasteiger partial charge < -0.3 is 14.4 Å². The van der Waals surface area contributed by atoms with E-state index in [-0.39, 0.29) is 6.42 Å². The van der Waals surface area contributed by atoms with Gasteiger partial charge in [-0.1, -0.05) is 18.2 Å². The number of aromatic nitrogens is 1. The van der Waals surface area contributed by atoms with Crippen LogP contribution in [0.15, 0.2) is 60.7 Å². The minimum atomic E-state index is -0.788. The van der Waals surface area contributed by atoms with Crippen molar-refractivity contribution in [1.82, 2.24) is 4.57 Å². The quantitative estimate of drug-likeness (QED) is 0.722. The fraction of sp³-hybridized carbons (Fsp3) is 0.190. The van der Waals surface area contributed by atoms with Gasteiger partial charge in [0.05, 0.1) is 19.2 Å². The number of nitrogens with zero attached hydrogens (tertiary/aromatic N) is 1. The zero-order valence-corrected chi connectivity index (χ0v) is 14.4. The van der Waals surface area contributed by atoms with Crippen molar-refractivity contribution in [2.45, 2.75) is 19.8 Å². The molecule has 0 unspecified atom stereocenters. The Morgan fingerprint density at radius 3 is 2.40 bits per heavy atom. The fourth-order valence-corrected chi connectivity index (χ4v) is 2.99. The first-order valence-electron chi connectivity index (χ1n) is 8.23. The van der Waals surface area contributed by atoms with Gasteiger partial charge in [0.15, 0.2) is 0 Å². The highest BCUT2D eigenvalue weighted by molar-refractivity contribution is 5.68. The molecule has 0 aliphatic carbocycles. The standard InChI is InChI=1S/C21H21NO3/c1-15-5-3-4-6-19(15)22-17(10-14-21(23)24)9-13-20(22)16-7-11-18(25-2)12-8-16/h3-9,11-13H,10,14H2,1-2H3,(H,23,24). The van der Waals surface area contributed by atoms with Crippen molar-refractivity contribution in [3.8, 4) is 22.7 Å². The second-order valence-corrected chi connectivity index (χ2v) is 5.95. The van der Waals surface area contributed by atoms with Gasteiger partial charge in [-0.2, -0.15) is 0 Å². The molecular formula is C21H21NO3. The molecule has 25 heavy (non-hydrogen) atoms. The number of rotatable bonds is 6. The largest absolute Gasteiger partial charge is 0.497 e. The van der Waals surface area contributed by atoms with Gasteiger partial charge in [0.25, 0.3) is 0 Å². The third kappa shape index (κ3) is 3.58. The van der Waals surface area contributed by atoms with E-state index in [1.54, 1.807) is 7.11 Å². The Morgan fingerprint density at radius 1 is 1.04 bits per heavy atom. The topological polar surface area (TPSA) is 51.5 Å². The predicted molar refractivity (Wildman–Crippen MR) is 98.5 cm³/mol. The molecule has 0 saturated heterocycles. The summed E-state index contributed by atoms with van der Waals surface area (Å²) in [5.74, 6) is 0.0207. The van der Waals surface area contributed by atoms with Crippen LogP contribution in [0, 0.1) is 6.92 Å². The van der Waals surface area contributed by atoms with Crippen molar-refractivity contribution in [3.05, 3.63) is 71.9 Å². The van der Waals surface area contributed by atoms with Crippen molar-refractivity contribution >= 4 is 5.97 Å². The highest BCUT2D eigenvalue weighted by Crippen LogP contribution is 2.30. The summed E-state index contributed by atoms with van der Waals surface area (Å²) in [5, 5.41) is 9.05. The Morgan fingerprint density at radius 2 is 1.76 bits per heavy atom. The molecule has 0 spiro atoms. The summed E-state index contributed by atoms with van der Waals surface area (Å²) in [5.41, 5.74) is 5.30. The number of aryl methyl sites for hydroxylation is 2. The van der Waals surface area contributed by atoms with Crippen molar-refractivity contribution in [2.75, 3.05) is 7.11 Å². The number of hydrogen-bond acceptors (Lipinski definition) is 2. The Hall–Kier alpha value is -3.01. The first kappa shape index (κ1) is 16.8. The monoisotopic (exact) mass is 335 g/mol. The van der Waals surface area contributed by atoms with Crippen LogP contribution in [0.25, 0.3) is 16.9 Å². The van der Waals surface area contributed by atoms with Crippen LogP contribution in [0.5, 0.6) is 5.75 Å². The fourth-order valence-electron chi connectivity index (χ4n) is 2.99. The molecule has 3 aromatic rings. The molecule has 1 N–H and O–H groups in total. The van der Waals surface area contributed by atoms with E-state index in [9.17, 15) is 4.79 Å². The van der Waals surface area contributed by atoms with Crippen LogP contribution in [0.4, 0.5) is 0 Å². The molecule has 0 radical (unpaired) electrons. The summed E-state index contributed by atoms with van der Waals surface area (Å²) in [6.45, 7) is 2.06. The highest BCUT2D eigenvalue weighted by atomic mass is 16.5. The minimum absolute atomic E-state index is 0.109. The summed E-state index contributed by atoms with van der Waals surface area (Å²) < 4.78 is 7.39. The Bertz CT molecular complexity index is 878. The maximum atomic E-state index is 11.0. The van der Waals surface area contributed by atoms with Gasteiger partial charge >= 0.3 is 5.97 Å². The van der Waals surface area contributed by atoms with E-state index in [1.165, 1.54) is 0 Å². The number of carboxylic acid groups (broad SMARTS) is 1. The summed E-state index contributed by atoms with van der Waals surface area (Å²) >= 11 is 0. The van der Waals surface area contributed by atoms with Crippen molar-refractivity contribution in [1.29, 1.82) is 0 Å². The SMILES string of the molecule is COc1ccc(-c2ccc(CCC(=O)O)n2-c2ccccc2C)cc1. The van der Waals surface area contributed by atoms with E-state index >= 15 is 0 Å². The minimum Gasteiger partial charge on any atom is -0.497 e. The second kappa shape index (κ2) is 7.26. The molecule has 2 aromatic carbocycles. The van der Waals surface area contributed by atoms with Crippen LogP contribution in [-0.4, -0.2) is 22.8 Å². The van der Waals surface area contributed by atoms with Crippen LogP contribution < -0.4 is 4.74 Å². The molecule has 4 heteroatoms. The number of hydrogen-bond donors (Lipinski definition) is 1. The molecule has 128 valence electrons. The number of aliphatic carboxylic acids is 1. The van der Waals surface area contributed by atoms with Crippen molar-refractivity contribution in [2.24, 2.45) is 0 Å². The number of carboxylic acids is 1. The maximum absolute atomic E-state index is 11.0. The van der Waals surface area contributed by atoms with Crippen LogP contribution in [0.2, 0.25) is 0 Å². The summed E-state index contributed by atoms with van der Waals surface area (Å²) in [6.07, 6.45) is 0.595. The molecule has 3 rings (SSSR count). The third-order valence-corrected chi connectivity index (χ3v) is 4.30. The smallest absolute Gasteiger partial charge is 0.303 e. The van der Waals surface area contributed by atoms with Gasteiger partial charge in [0.2, 0.25) is 0 Å². The summed E-state index contributed by atoms with van der Waals surface area (Å²) in [7, 11) is 1.65. The molecule has 0 fully saturated rings. The van der Waals surface area contributed by atoms with Gasteiger partial charge in [-0.05, 0) is 66.9 Å². The Labute approximate surface area is 147 Å². The average Bonchev–Trinajstić information content (AvgIpc) is 3.04. The number of ether oxygens (including phenoxy) is 1. The first-order valence-corrected chi connectivity index (χ1v) is 8.23. The van der Waals surface area contributed by atoms with E-state index < -0.39 is 5.97 Å².